The van der Waals surface area contributed by atoms with Crippen molar-refractivity contribution < 1.29 is 18.9 Å². The quantitative estimate of drug-likeness (QED) is 0.664. The van der Waals surface area contributed by atoms with Gasteiger partial charge in [-0.1, -0.05) is 0 Å². The van der Waals surface area contributed by atoms with Crippen LogP contribution in [0.5, 0.6) is 0 Å². The zero-order chi connectivity index (χ0) is 12.4. The topological polar surface area (TPSA) is 36.9 Å². The van der Waals surface area contributed by atoms with Crippen molar-refractivity contribution in [2.24, 2.45) is 0 Å². The Balaban J connectivity index is 2.84. The van der Waals surface area contributed by atoms with Gasteiger partial charge in [-0.25, -0.2) is 0 Å². The van der Waals surface area contributed by atoms with Gasteiger partial charge in [0.2, 0.25) is 0 Å². The molecule has 1 atom stereocenters. The van der Waals surface area contributed by atoms with Crippen LogP contribution in [0.15, 0.2) is 0 Å². The number of hydrogen-bond donors (Lipinski definition) is 0. The molecular formula is C11H21BO4. The maximum atomic E-state index is 6.13. The van der Waals surface area contributed by atoms with E-state index in [1.54, 1.807) is 14.2 Å². The lowest BCUT2D eigenvalue weighted by Gasteiger charge is -2.53. The summed E-state index contributed by atoms with van der Waals surface area (Å²) < 4.78 is 22.1. The molecule has 1 aliphatic rings. The second-order valence-electron chi connectivity index (χ2n) is 5.06. The van der Waals surface area contributed by atoms with Gasteiger partial charge in [0.05, 0.1) is 30.9 Å². The van der Waals surface area contributed by atoms with E-state index in [1.165, 1.54) is 0 Å². The third-order valence-corrected chi connectivity index (χ3v) is 3.13. The highest BCUT2D eigenvalue weighted by molar-refractivity contribution is 6.15. The lowest BCUT2D eigenvalue weighted by Crippen LogP contribution is -2.66. The summed E-state index contributed by atoms with van der Waals surface area (Å²) in [6, 6.07) is 0. The molecule has 0 aromatic carbocycles. The molecule has 2 radical (unpaired) electrons. The van der Waals surface area contributed by atoms with Crippen molar-refractivity contribution in [1.82, 2.24) is 0 Å². The number of rotatable bonds is 4. The molecule has 0 spiro atoms. The molecule has 5 heteroatoms. The Labute approximate surface area is 99.0 Å². The lowest BCUT2D eigenvalue weighted by molar-refractivity contribution is -0.297. The molecule has 0 saturated carbocycles. The van der Waals surface area contributed by atoms with Gasteiger partial charge < -0.3 is 18.9 Å². The van der Waals surface area contributed by atoms with Crippen LogP contribution >= 0.6 is 0 Å². The minimum atomic E-state index is -0.873. The van der Waals surface area contributed by atoms with Crippen LogP contribution in [-0.2, 0) is 18.9 Å². The monoisotopic (exact) mass is 228 g/mol. The molecular weight excluding hydrogens is 207 g/mol. The van der Waals surface area contributed by atoms with Crippen molar-refractivity contribution in [3.05, 3.63) is 0 Å². The molecule has 1 aliphatic heterocycles. The fraction of sp³-hybridized carbons (Fsp3) is 1.00. The Hall–Kier alpha value is -0.0951. The van der Waals surface area contributed by atoms with Gasteiger partial charge in [-0.15, -0.1) is 0 Å². The first-order valence-corrected chi connectivity index (χ1v) is 5.39. The summed E-state index contributed by atoms with van der Waals surface area (Å²) in [5.74, 6) is 0. The Morgan fingerprint density at radius 1 is 1.12 bits per heavy atom. The minimum Gasteiger partial charge on any atom is -0.382 e. The molecule has 1 heterocycles. The Morgan fingerprint density at radius 2 is 1.62 bits per heavy atom. The molecule has 1 fully saturated rings. The third kappa shape index (κ3) is 2.59. The van der Waals surface area contributed by atoms with Crippen molar-refractivity contribution in [2.75, 3.05) is 34.0 Å². The fourth-order valence-corrected chi connectivity index (χ4v) is 1.77. The summed E-state index contributed by atoms with van der Waals surface area (Å²) in [6.45, 7) is 6.83. The Bertz CT molecular complexity index is 234. The SMILES string of the molecule is [B]C1(C)OC(COC)(COC)COC1(C)C. The van der Waals surface area contributed by atoms with Crippen LogP contribution < -0.4 is 0 Å². The predicted octanol–water partition coefficient (Wildman–Crippen LogP) is 0.728. The molecule has 0 N–H and O–H groups in total. The summed E-state index contributed by atoms with van der Waals surface area (Å²) in [4.78, 5) is 0. The fourth-order valence-electron chi connectivity index (χ4n) is 1.77. The van der Waals surface area contributed by atoms with Crippen molar-refractivity contribution in [1.29, 1.82) is 0 Å². The summed E-state index contributed by atoms with van der Waals surface area (Å²) >= 11 is 0. The maximum Gasteiger partial charge on any atom is 0.137 e. The maximum absolute atomic E-state index is 6.13. The van der Waals surface area contributed by atoms with E-state index >= 15 is 0 Å². The van der Waals surface area contributed by atoms with E-state index in [2.05, 4.69) is 0 Å². The summed E-state index contributed by atoms with van der Waals surface area (Å²) in [6.07, 6.45) is 0. The molecule has 0 bridgehead atoms. The molecule has 0 aromatic rings. The molecule has 4 nitrogen and oxygen atoms in total. The third-order valence-electron chi connectivity index (χ3n) is 3.13. The Morgan fingerprint density at radius 3 is 2.00 bits per heavy atom. The average molecular weight is 228 g/mol. The molecule has 0 aromatic heterocycles. The first kappa shape index (κ1) is 14.0. The highest BCUT2D eigenvalue weighted by Crippen LogP contribution is 2.37. The summed E-state index contributed by atoms with van der Waals surface area (Å²) in [5.41, 5.74) is -2.02. The first-order chi connectivity index (χ1) is 7.29. The van der Waals surface area contributed by atoms with Crippen LogP contribution in [0.3, 0.4) is 0 Å². The standard InChI is InChI=1S/C11H21BO4/c1-9(2)10(3,12)16-11(6-13-4,7-14-5)8-15-9/h6-8H2,1-5H3. The van der Waals surface area contributed by atoms with E-state index in [1.807, 2.05) is 20.8 Å². The van der Waals surface area contributed by atoms with Crippen molar-refractivity contribution in [2.45, 2.75) is 37.5 Å². The first-order valence-electron chi connectivity index (χ1n) is 5.39. The van der Waals surface area contributed by atoms with Crippen LogP contribution in [-0.4, -0.2) is 58.6 Å². The highest BCUT2D eigenvalue weighted by atomic mass is 16.6. The molecule has 1 unspecified atom stereocenters. The highest BCUT2D eigenvalue weighted by Gasteiger charge is 2.51. The number of hydrogen-bond acceptors (Lipinski definition) is 4. The van der Waals surface area contributed by atoms with Crippen molar-refractivity contribution in [3.63, 3.8) is 0 Å². The van der Waals surface area contributed by atoms with Crippen LogP contribution in [0.1, 0.15) is 20.8 Å². The second-order valence-corrected chi connectivity index (χ2v) is 5.06. The van der Waals surface area contributed by atoms with Gasteiger partial charge >= 0.3 is 0 Å². The number of ether oxygens (including phenoxy) is 4. The minimum absolute atomic E-state index is 0.393. The number of methoxy groups -OCH3 is 2. The normalized spacial score (nSPS) is 32.6. The molecule has 1 rings (SSSR count). The molecule has 16 heavy (non-hydrogen) atoms. The lowest BCUT2D eigenvalue weighted by atomic mass is 9.69. The zero-order valence-electron chi connectivity index (χ0n) is 10.8. The van der Waals surface area contributed by atoms with Crippen molar-refractivity contribution >= 4 is 7.85 Å². The van der Waals surface area contributed by atoms with Gasteiger partial charge in [-0.3, -0.25) is 0 Å². The van der Waals surface area contributed by atoms with E-state index < -0.39 is 16.7 Å². The second kappa shape index (κ2) is 4.65. The van der Waals surface area contributed by atoms with Crippen molar-refractivity contribution in [3.8, 4) is 0 Å². The van der Waals surface area contributed by atoms with E-state index in [4.69, 9.17) is 26.8 Å². The molecule has 0 amide bonds. The van der Waals surface area contributed by atoms with Crippen LogP contribution in [0.4, 0.5) is 0 Å². The molecule has 92 valence electrons. The van der Waals surface area contributed by atoms with Gasteiger partial charge in [-0.2, -0.15) is 0 Å². The average Bonchev–Trinajstić information content (AvgIpc) is 2.13. The predicted molar refractivity (Wildman–Crippen MR) is 61.8 cm³/mol. The van der Waals surface area contributed by atoms with E-state index in [0.717, 1.165) is 0 Å². The van der Waals surface area contributed by atoms with Gasteiger partial charge in [0.15, 0.2) is 0 Å². The van der Waals surface area contributed by atoms with Crippen LogP contribution in [0.2, 0.25) is 0 Å². The smallest absolute Gasteiger partial charge is 0.137 e. The Kier molecular flexibility index (Phi) is 4.06. The van der Waals surface area contributed by atoms with E-state index in [0.29, 0.717) is 19.8 Å². The van der Waals surface area contributed by atoms with Gasteiger partial charge in [0.1, 0.15) is 13.4 Å². The molecule has 1 saturated heterocycles. The van der Waals surface area contributed by atoms with E-state index in [9.17, 15) is 0 Å². The summed E-state index contributed by atoms with van der Waals surface area (Å²) in [7, 11) is 9.37. The molecule has 0 aliphatic carbocycles. The van der Waals surface area contributed by atoms with E-state index in [-0.39, 0.29) is 0 Å². The summed E-state index contributed by atoms with van der Waals surface area (Å²) in [5, 5.41) is 0. The van der Waals surface area contributed by atoms with Crippen LogP contribution in [0.25, 0.3) is 0 Å². The van der Waals surface area contributed by atoms with Gasteiger partial charge in [0, 0.05) is 14.2 Å². The van der Waals surface area contributed by atoms with Gasteiger partial charge in [-0.05, 0) is 20.8 Å². The zero-order valence-corrected chi connectivity index (χ0v) is 10.8. The van der Waals surface area contributed by atoms with Crippen LogP contribution in [0, 0.1) is 0 Å². The van der Waals surface area contributed by atoms with Gasteiger partial charge in [0.25, 0.3) is 0 Å². The largest absolute Gasteiger partial charge is 0.382 e.